The summed E-state index contributed by atoms with van der Waals surface area (Å²) in [6, 6.07) is 2.60. The lowest BCUT2D eigenvalue weighted by Gasteiger charge is -2.20. The van der Waals surface area contributed by atoms with Crippen molar-refractivity contribution in [3.63, 3.8) is 0 Å². The zero-order valence-corrected chi connectivity index (χ0v) is 9.13. The minimum absolute atomic E-state index is 0.853. The minimum Gasteiger partial charge on any atom is -0.313 e. The van der Waals surface area contributed by atoms with Crippen LogP contribution in [0, 0.1) is 11.8 Å². The van der Waals surface area contributed by atoms with Gasteiger partial charge in [-0.3, -0.25) is 0 Å². The second-order valence-corrected chi connectivity index (χ2v) is 5.46. The van der Waals surface area contributed by atoms with Gasteiger partial charge in [0.15, 0.2) is 0 Å². The molecule has 2 aliphatic heterocycles. The van der Waals surface area contributed by atoms with Crippen LogP contribution in [0.15, 0.2) is 0 Å². The second kappa shape index (κ2) is 3.49. The third kappa shape index (κ3) is 1.59. The van der Waals surface area contributed by atoms with Crippen LogP contribution in [0.4, 0.5) is 0 Å². The van der Waals surface area contributed by atoms with E-state index in [1.54, 1.807) is 0 Å². The molecule has 0 aromatic carbocycles. The number of rotatable bonds is 4. The second-order valence-electron chi connectivity index (χ2n) is 5.46. The third-order valence-electron chi connectivity index (χ3n) is 4.52. The quantitative estimate of drug-likeness (QED) is 0.709. The fraction of sp³-hybridized carbons (Fsp3) is 1.00. The lowest BCUT2D eigenvalue weighted by Crippen LogP contribution is -2.33. The van der Waals surface area contributed by atoms with Crippen molar-refractivity contribution in [2.24, 2.45) is 11.8 Å². The van der Waals surface area contributed by atoms with E-state index >= 15 is 0 Å². The van der Waals surface area contributed by atoms with Gasteiger partial charge in [0, 0.05) is 18.1 Å². The van der Waals surface area contributed by atoms with E-state index in [4.69, 9.17) is 0 Å². The van der Waals surface area contributed by atoms with Gasteiger partial charge in [0.25, 0.3) is 0 Å². The van der Waals surface area contributed by atoms with Crippen LogP contribution in [0.25, 0.3) is 0 Å². The fourth-order valence-corrected chi connectivity index (χ4v) is 3.41. The molecule has 5 unspecified atom stereocenters. The molecular formula is C12H22N2. The van der Waals surface area contributed by atoms with Crippen LogP contribution in [0.3, 0.4) is 0 Å². The highest BCUT2D eigenvalue weighted by Crippen LogP contribution is 2.36. The Morgan fingerprint density at radius 2 is 2.14 bits per heavy atom. The number of fused-ring (bicyclic) bond motifs is 2. The van der Waals surface area contributed by atoms with Gasteiger partial charge in [0.2, 0.25) is 0 Å². The van der Waals surface area contributed by atoms with Gasteiger partial charge in [-0.25, -0.2) is 0 Å². The van der Waals surface area contributed by atoms with Gasteiger partial charge in [-0.2, -0.15) is 0 Å². The zero-order valence-electron chi connectivity index (χ0n) is 9.13. The summed E-state index contributed by atoms with van der Waals surface area (Å²) in [5, 5.41) is 7.45. The van der Waals surface area contributed by atoms with Crippen molar-refractivity contribution < 1.29 is 0 Å². The predicted molar refractivity (Wildman–Crippen MR) is 58.2 cm³/mol. The highest BCUT2D eigenvalue weighted by Gasteiger charge is 2.40. The molecule has 2 heteroatoms. The largest absolute Gasteiger partial charge is 0.313 e. The Hall–Kier alpha value is -0.0800. The maximum Gasteiger partial charge on any atom is 0.0111 e. The molecule has 14 heavy (non-hydrogen) atoms. The van der Waals surface area contributed by atoms with Crippen LogP contribution in [0.2, 0.25) is 0 Å². The Bertz CT molecular complexity index is 216. The summed E-state index contributed by atoms with van der Waals surface area (Å²) in [6.07, 6.45) is 7.10. The van der Waals surface area contributed by atoms with E-state index in [2.05, 4.69) is 17.6 Å². The van der Waals surface area contributed by atoms with E-state index in [0.717, 1.165) is 30.0 Å². The fourth-order valence-electron chi connectivity index (χ4n) is 3.41. The van der Waals surface area contributed by atoms with Crippen LogP contribution in [-0.4, -0.2) is 24.7 Å². The van der Waals surface area contributed by atoms with Crippen molar-refractivity contribution in [1.29, 1.82) is 0 Å². The molecule has 2 saturated heterocycles. The Labute approximate surface area is 86.8 Å². The average molecular weight is 194 g/mol. The Morgan fingerprint density at radius 1 is 1.21 bits per heavy atom. The summed E-state index contributed by atoms with van der Waals surface area (Å²) < 4.78 is 0. The van der Waals surface area contributed by atoms with E-state index in [0.29, 0.717) is 0 Å². The summed E-state index contributed by atoms with van der Waals surface area (Å²) in [6.45, 7) is 3.58. The first-order valence-corrected chi connectivity index (χ1v) is 6.36. The van der Waals surface area contributed by atoms with E-state index in [1.165, 1.54) is 38.6 Å². The molecule has 0 aromatic rings. The monoisotopic (exact) mass is 194 g/mol. The normalized spacial score (nSPS) is 49.9. The SMILES string of the molecule is CCC1CC1NCC1CC2CCC1N2. The number of nitrogens with one attached hydrogen (secondary N) is 2. The molecule has 1 saturated carbocycles. The molecule has 3 rings (SSSR count). The third-order valence-corrected chi connectivity index (χ3v) is 4.52. The molecule has 2 N–H and O–H groups in total. The van der Waals surface area contributed by atoms with Crippen LogP contribution in [0.1, 0.15) is 39.0 Å². The van der Waals surface area contributed by atoms with E-state index in [-0.39, 0.29) is 0 Å². The molecule has 5 atom stereocenters. The lowest BCUT2D eigenvalue weighted by atomic mass is 9.89. The summed E-state index contributed by atoms with van der Waals surface area (Å²) in [7, 11) is 0. The summed E-state index contributed by atoms with van der Waals surface area (Å²) in [5.74, 6) is 1.94. The first-order chi connectivity index (χ1) is 6.86. The van der Waals surface area contributed by atoms with E-state index in [9.17, 15) is 0 Å². The van der Waals surface area contributed by atoms with Gasteiger partial charge >= 0.3 is 0 Å². The summed E-state index contributed by atoms with van der Waals surface area (Å²) >= 11 is 0. The molecule has 3 aliphatic rings. The summed E-state index contributed by atoms with van der Waals surface area (Å²) in [4.78, 5) is 0. The van der Waals surface area contributed by atoms with E-state index < -0.39 is 0 Å². The van der Waals surface area contributed by atoms with E-state index in [1.807, 2.05) is 0 Å². The molecular weight excluding hydrogens is 172 g/mol. The Kier molecular flexibility index (Phi) is 2.29. The standard InChI is InChI=1S/C12H22N2/c1-2-8-6-12(8)13-7-9-5-10-3-4-11(9)14-10/h8-14H,2-7H2,1H3. The molecule has 2 nitrogen and oxygen atoms in total. The smallest absolute Gasteiger partial charge is 0.0111 e. The van der Waals surface area contributed by atoms with Gasteiger partial charge in [-0.1, -0.05) is 13.3 Å². The first kappa shape index (κ1) is 9.17. The topological polar surface area (TPSA) is 24.1 Å². The first-order valence-electron chi connectivity index (χ1n) is 6.36. The maximum absolute atomic E-state index is 3.74. The molecule has 2 bridgehead atoms. The van der Waals surface area contributed by atoms with Crippen molar-refractivity contribution in [1.82, 2.24) is 10.6 Å². The molecule has 80 valence electrons. The molecule has 0 spiro atoms. The van der Waals surface area contributed by atoms with Gasteiger partial charge in [0.1, 0.15) is 0 Å². The highest BCUT2D eigenvalue weighted by atomic mass is 15.1. The molecule has 0 amide bonds. The van der Waals surface area contributed by atoms with Crippen LogP contribution < -0.4 is 10.6 Å². The van der Waals surface area contributed by atoms with Crippen LogP contribution >= 0.6 is 0 Å². The lowest BCUT2D eigenvalue weighted by molar-refractivity contribution is 0.379. The summed E-state index contributed by atoms with van der Waals surface area (Å²) in [5.41, 5.74) is 0. The molecule has 2 heterocycles. The maximum atomic E-state index is 3.74. The average Bonchev–Trinajstić information content (AvgIpc) is 2.64. The van der Waals surface area contributed by atoms with Crippen molar-refractivity contribution in [2.75, 3.05) is 6.54 Å². The van der Waals surface area contributed by atoms with Crippen molar-refractivity contribution in [3.8, 4) is 0 Å². The van der Waals surface area contributed by atoms with Gasteiger partial charge < -0.3 is 10.6 Å². The van der Waals surface area contributed by atoms with Crippen molar-refractivity contribution in [2.45, 2.75) is 57.2 Å². The highest BCUT2D eigenvalue weighted by molar-refractivity contribution is 5.00. The predicted octanol–water partition coefficient (Wildman–Crippen LogP) is 1.51. The minimum atomic E-state index is 0.853. The van der Waals surface area contributed by atoms with Crippen LogP contribution in [-0.2, 0) is 0 Å². The Morgan fingerprint density at radius 3 is 2.71 bits per heavy atom. The molecule has 3 fully saturated rings. The molecule has 0 aromatic heterocycles. The van der Waals surface area contributed by atoms with Gasteiger partial charge in [-0.05, 0) is 44.1 Å². The molecule has 0 radical (unpaired) electrons. The van der Waals surface area contributed by atoms with Crippen molar-refractivity contribution >= 4 is 0 Å². The van der Waals surface area contributed by atoms with Gasteiger partial charge in [0.05, 0.1) is 0 Å². The molecule has 1 aliphatic carbocycles. The number of hydrogen-bond acceptors (Lipinski definition) is 2. The number of hydrogen-bond donors (Lipinski definition) is 2. The Balaban J connectivity index is 1.42. The zero-order chi connectivity index (χ0) is 9.54. The van der Waals surface area contributed by atoms with Crippen molar-refractivity contribution in [3.05, 3.63) is 0 Å². The van der Waals surface area contributed by atoms with Crippen LogP contribution in [0.5, 0.6) is 0 Å². The van der Waals surface area contributed by atoms with Gasteiger partial charge in [-0.15, -0.1) is 0 Å².